The third kappa shape index (κ3) is 8.30. The largest absolute Gasteiger partial charge is 0.444 e. The fraction of sp³-hybridized carbons (Fsp3) is 0.708. The smallest absolute Gasteiger partial charge is 0.409 e. The molecule has 176 valence electrons. The van der Waals surface area contributed by atoms with Crippen molar-refractivity contribution in [3.05, 3.63) is 35.3 Å². The summed E-state index contributed by atoms with van der Waals surface area (Å²) < 4.78 is 19.7. The van der Waals surface area contributed by atoms with E-state index in [-0.39, 0.29) is 23.4 Å². The van der Waals surface area contributed by atoms with Gasteiger partial charge in [0.05, 0.1) is 6.54 Å². The summed E-state index contributed by atoms with van der Waals surface area (Å²) in [4.78, 5) is 15.6. The number of hydrazine groups is 1. The minimum Gasteiger partial charge on any atom is -0.444 e. The van der Waals surface area contributed by atoms with E-state index in [1.54, 1.807) is 24.1 Å². The van der Waals surface area contributed by atoms with Crippen LogP contribution in [0, 0.1) is 5.41 Å². The van der Waals surface area contributed by atoms with Crippen molar-refractivity contribution in [1.82, 2.24) is 20.2 Å². The fourth-order valence-corrected chi connectivity index (χ4v) is 4.05. The first-order chi connectivity index (χ1) is 14.6. The van der Waals surface area contributed by atoms with Crippen molar-refractivity contribution in [1.29, 1.82) is 0 Å². The van der Waals surface area contributed by atoms with Crippen molar-refractivity contribution in [2.45, 2.75) is 59.5 Å². The van der Waals surface area contributed by atoms with E-state index in [1.807, 2.05) is 13.1 Å². The standard InChI is InChI=1S/C24H41FN4O2/c1-7-13-28(15-12-21-17-27(6)23(30)31-21)14-11-19-16-20(25)9-8-10-22(19)29(26-5)18-24(2,3)4/h8-9,16,21,26H,7,10-15,17-18H2,1-6H3. The Kier molecular flexibility index (Phi) is 9.56. The van der Waals surface area contributed by atoms with Crippen LogP contribution in [0.2, 0.25) is 0 Å². The molecule has 7 heteroatoms. The first-order valence-electron chi connectivity index (χ1n) is 11.5. The van der Waals surface area contributed by atoms with Crippen LogP contribution in [0.4, 0.5) is 9.18 Å². The molecule has 1 saturated heterocycles. The highest BCUT2D eigenvalue weighted by Gasteiger charge is 2.28. The third-order valence-corrected chi connectivity index (χ3v) is 5.56. The van der Waals surface area contributed by atoms with Gasteiger partial charge in [0, 0.05) is 45.8 Å². The van der Waals surface area contributed by atoms with Crippen molar-refractivity contribution in [3.8, 4) is 0 Å². The maximum absolute atomic E-state index is 14.3. The SMILES string of the molecule is CCCN(CCC1=C(N(CC(C)(C)C)NC)CC=CC(F)=C1)CCC1CN(C)C(=O)O1. The Balaban J connectivity index is 2.08. The zero-order valence-electron chi connectivity index (χ0n) is 20.2. The monoisotopic (exact) mass is 436 g/mol. The normalized spacial score (nSPS) is 19.7. The topological polar surface area (TPSA) is 48.0 Å². The summed E-state index contributed by atoms with van der Waals surface area (Å²) in [6, 6.07) is 0. The van der Waals surface area contributed by atoms with Crippen LogP contribution in [0.5, 0.6) is 0 Å². The van der Waals surface area contributed by atoms with Gasteiger partial charge in [-0.05, 0) is 48.9 Å². The van der Waals surface area contributed by atoms with E-state index in [0.29, 0.717) is 13.0 Å². The van der Waals surface area contributed by atoms with Crippen molar-refractivity contribution in [2.24, 2.45) is 5.41 Å². The first kappa shape index (κ1) is 25.4. The molecule has 0 aromatic rings. The van der Waals surface area contributed by atoms with E-state index >= 15 is 0 Å². The summed E-state index contributed by atoms with van der Waals surface area (Å²) in [5.41, 5.74) is 5.58. The highest BCUT2D eigenvalue weighted by molar-refractivity contribution is 5.69. The molecule has 1 atom stereocenters. The molecule has 0 spiro atoms. The number of ether oxygens (including phenoxy) is 1. The molecule has 6 nitrogen and oxygen atoms in total. The van der Waals surface area contributed by atoms with Crippen LogP contribution in [0.15, 0.2) is 35.3 Å². The summed E-state index contributed by atoms with van der Waals surface area (Å²) in [6.07, 6.45) is 8.21. The van der Waals surface area contributed by atoms with Crippen molar-refractivity contribution in [2.75, 3.05) is 46.8 Å². The molecular formula is C24H41FN4O2. The predicted octanol–water partition coefficient (Wildman–Crippen LogP) is 4.48. The number of nitrogens with one attached hydrogen (secondary N) is 1. The zero-order valence-corrected chi connectivity index (χ0v) is 20.2. The Morgan fingerprint density at radius 1 is 1.29 bits per heavy atom. The quantitative estimate of drug-likeness (QED) is 0.484. The van der Waals surface area contributed by atoms with Gasteiger partial charge in [-0.2, -0.15) is 0 Å². The molecule has 0 radical (unpaired) electrons. The second kappa shape index (κ2) is 11.7. The highest BCUT2D eigenvalue weighted by Crippen LogP contribution is 2.27. The summed E-state index contributed by atoms with van der Waals surface area (Å²) in [5, 5.41) is 2.16. The number of allylic oxidation sites excluding steroid dienone is 4. The number of halogens is 1. The van der Waals surface area contributed by atoms with Crippen LogP contribution in [0.25, 0.3) is 0 Å². The van der Waals surface area contributed by atoms with Gasteiger partial charge in [0.15, 0.2) is 0 Å². The molecule has 0 aromatic carbocycles. The molecule has 1 amide bonds. The van der Waals surface area contributed by atoms with E-state index < -0.39 is 0 Å². The van der Waals surface area contributed by atoms with Crippen LogP contribution in [-0.4, -0.2) is 73.8 Å². The highest BCUT2D eigenvalue weighted by atomic mass is 19.1. The maximum atomic E-state index is 14.3. The Bertz CT molecular complexity index is 696. The van der Waals surface area contributed by atoms with Crippen LogP contribution in [-0.2, 0) is 4.74 Å². The van der Waals surface area contributed by atoms with Gasteiger partial charge in [-0.15, -0.1) is 0 Å². The lowest BCUT2D eigenvalue weighted by molar-refractivity contribution is 0.122. The Morgan fingerprint density at radius 2 is 2.03 bits per heavy atom. The van der Waals surface area contributed by atoms with Gasteiger partial charge >= 0.3 is 6.09 Å². The van der Waals surface area contributed by atoms with E-state index in [4.69, 9.17) is 4.74 Å². The number of carbonyl (C=O) groups excluding carboxylic acids is 1. The van der Waals surface area contributed by atoms with E-state index in [0.717, 1.165) is 56.7 Å². The lowest BCUT2D eigenvalue weighted by Crippen LogP contribution is -2.41. The number of amides is 1. The van der Waals surface area contributed by atoms with Crippen LogP contribution < -0.4 is 5.43 Å². The van der Waals surface area contributed by atoms with Crippen molar-refractivity contribution in [3.63, 3.8) is 0 Å². The van der Waals surface area contributed by atoms with E-state index in [1.165, 1.54) is 0 Å². The fourth-order valence-electron chi connectivity index (χ4n) is 4.05. The molecule has 0 bridgehead atoms. The minimum absolute atomic E-state index is 0.0439. The van der Waals surface area contributed by atoms with Crippen molar-refractivity contribution >= 4 is 6.09 Å². The molecule has 1 aliphatic carbocycles. The van der Waals surface area contributed by atoms with Gasteiger partial charge in [-0.1, -0.05) is 33.8 Å². The number of hydrogen-bond acceptors (Lipinski definition) is 5. The summed E-state index contributed by atoms with van der Waals surface area (Å²) in [7, 11) is 3.70. The van der Waals surface area contributed by atoms with Gasteiger partial charge in [-0.3, -0.25) is 0 Å². The first-order valence-corrected chi connectivity index (χ1v) is 11.5. The molecule has 0 saturated carbocycles. The second-order valence-corrected chi connectivity index (χ2v) is 9.74. The third-order valence-electron chi connectivity index (χ3n) is 5.56. The lowest BCUT2D eigenvalue weighted by atomic mass is 9.95. The number of carbonyl (C=O) groups is 1. The van der Waals surface area contributed by atoms with Gasteiger partial charge < -0.3 is 19.5 Å². The predicted molar refractivity (Wildman–Crippen MR) is 124 cm³/mol. The summed E-state index contributed by atoms with van der Waals surface area (Å²) in [6.45, 7) is 13.0. The number of nitrogens with zero attached hydrogens (tertiary/aromatic N) is 3. The zero-order chi connectivity index (χ0) is 23.0. The summed E-state index contributed by atoms with van der Waals surface area (Å²) >= 11 is 0. The molecule has 1 N–H and O–H groups in total. The maximum Gasteiger partial charge on any atom is 0.409 e. The molecule has 1 fully saturated rings. The number of likely N-dealkylation sites (N-methyl/N-ethyl adjacent to an activating group) is 1. The van der Waals surface area contributed by atoms with Gasteiger partial charge in [0.25, 0.3) is 0 Å². The Morgan fingerprint density at radius 3 is 2.61 bits per heavy atom. The Hall–Kier alpha value is -1.86. The lowest BCUT2D eigenvalue weighted by Gasteiger charge is -2.34. The molecule has 31 heavy (non-hydrogen) atoms. The molecular weight excluding hydrogens is 395 g/mol. The molecule has 0 aromatic heterocycles. The minimum atomic E-state index is -0.237. The Labute approximate surface area is 187 Å². The molecule has 1 unspecified atom stereocenters. The van der Waals surface area contributed by atoms with Gasteiger partial charge in [0.2, 0.25) is 0 Å². The molecule has 1 aliphatic heterocycles. The number of hydrogen-bond donors (Lipinski definition) is 1. The molecule has 2 rings (SSSR count). The van der Waals surface area contributed by atoms with Crippen molar-refractivity contribution < 1.29 is 13.9 Å². The summed E-state index contributed by atoms with van der Waals surface area (Å²) in [5.74, 6) is -0.195. The molecule has 1 heterocycles. The van der Waals surface area contributed by atoms with Crippen LogP contribution in [0.3, 0.4) is 0 Å². The molecule has 2 aliphatic rings. The average molecular weight is 437 g/mol. The van der Waals surface area contributed by atoms with Gasteiger partial charge in [0.1, 0.15) is 11.9 Å². The average Bonchev–Trinajstić information content (AvgIpc) is 2.89. The van der Waals surface area contributed by atoms with Gasteiger partial charge in [-0.25, -0.2) is 14.6 Å². The van der Waals surface area contributed by atoms with Crippen LogP contribution in [0.1, 0.15) is 53.4 Å². The number of cyclic esters (lactones) is 1. The number of rotatable bonds is 11. The van der Waals surface area contributed by atoms with Crippen LogP contribution >= 0.6 is 0 Å². The second-order valence-electron chi connectivity index (χ2n) is 9.74. The van der Waals surface area contributed by atoms with E-state index in [9.17, 15) is 9.18 Å². The van der Waals surface area contributed by atoms with E-state index in [2.05, 4.69) is 43.0 Å².